The van der Waals surface area contributed by atoms with Crippen molar-refractivity contribution < 1.29 is 19.5 Å². The Hall–Kier alpha value is -1.79. The summed E-state index contributed by atoms with van der Waals surface area (Å²) < 4.78 is 0. The molecule has 0 aromatic rings. The Bertz CT molecular complexity index is 394. The van der Waals surface area contributed by atoms with E-state index in [1.807, 2.05) is 0 Å². The van der Waals surface area contributed by atoms with Crippen molar-refractivity contribution in [1.82, 2.24) is 9.80 Å². The van der Waals surface area contributed by atoms with Gasteiger partial charge in [0, 0.05) is 13.6 Å². The van der Waals surface area contributed by atoms with Gasteiger partial charge in [-0.3, -0.25) is 4.79 Å². The molecule has 0 radical (unpaired) electrons. The zero-order valence-electron chi connectivity index (χ0n) is 11.5. The molecule has 1 aliphatic heterocycles. The Balaban J connectivity index is 2.91. The minimum atomic E-state index is -1.34. The summed E-state index contributed by atoms with van der Waals surface area (Å²) in [7, 11) is 1.42. The molecule has 1 unspecified atom stereocenters. The number of hydrogen-bond donors (Lipinski definition) is 2. The first-order valence-electron chi connectivity index (χ1n) is 6.26. The lowest BCUT2D eigenvalue weighted by Gasteiger charge is -2.40. The van der Waals surface area contributed by atoms with Crippen molar-refractivity contribution in [1.29, 1.82) is 0 Å². The molecule has 1 atom stereocenters. The first-order chi connectivity index (χ1) is 8.69. The standard InChI is InChI=1S/C12H21N3O4/c1-12(2,10(17)18)14(3)11(19)15-7-5-4-6-8(15)9(13)16/h8H,4-7H2,1-3H3,(H2,13,16)(H,17,18). The van der Waals surface area contributed by atoms with E-state index in [4.69, 9.17) is 10.8 Å². The van der Waals surface area contributed by atoms with Gasteiger partial charge < -0.3 is 20.6 Å². The molecule has 0 bridgehead atoms. The van der Waals surface area contributed by atoms with Gasteiger partial charge in [-0.2, -0.15) is 0 Å². The topological polar surface area (TPSA) is 104 Å². The number of amides is 3. The highest BCUT2D eigenvalue weighted by Crippen LogP contribution is 2.21. The smallest absolute Gasteiger partial charge is 0.329 e. The molecule has 108 valence electrons. The Morgan fingerprint density at radius 3 is 2.37 bits per heavy atom. The van der Waals surface area contributed by atoms with E-state index in [-0.39, 0.29) is 0 Å². The first kappa shape index (κ1) is 15.3. The molecule has 1 fully saturated rings. The van der Waals surface area contributed by atoms with Gasteiger partial charge in [0.2, 0.25) is 5.91 Å². The predicted molar refractivity (Wildman–Crippen MR) is 68.4 cm³/mol. The van der Waals surface area contributed by atoms with E-state index in [0.717, 1.165) is 17.7 Å². The number of carbonyl (C=O) groups is 3. The van der Waals surface area contributed by atoms with Crippen molar-refractivity contribution in [2.45, 2.75) is 44.7 Å². The lowest BCUT2D eigenvalue weighted by Crippen LogP contribution is -2.59. The van der Waals surface area contributed by atoms with Gasteiger partial charge in [-0.05, 0) is 33.1 Å². The van der Waals surface area contributed by atoms with Crippen molar-refractivity contribution in [2.75, 3.05) is 13.6 Å². The molecule has 3 amide bonds. The van der Waals surface area contributed by atoms with Crippen LogP contribution in [0.4, 0.5) is 4.79 Å². The number of hydrogen-bond acceptors (Lipinski definition) is 3. The van der Waals surface area contributed by atoms with Crippen LogP contribution in [0, 0.1) is 0 Å². The molecule has 7 heteroatoms. The SMILES string of the molecule is CN(C(=O)N1CCCCC1C(N)=O)C(C)(C)C(=O)O. The van der Waals surface area contributed by atoms with Crippen LogP contribution in [-0.4, -0.2) is 58.0 Å². The molecule has 0 aromatic carbocycles. The second-order valence-electron chi connectivity index (χ2n) is 5.31. The van der Waals surface area contributed by atoms with Gasteiger partial charge in [0.1, 0.15) is 11.6 Å². The van der Waals surface area contributed by atoms with E-state index >= 15 is 0 Å². The number of piperidine rings is 1. The molecular weight excluding hydrogens is 250 g/mol. The number of urea groups is 1. The van der Waals surface area contributed by atoms with E-state index in [1.54, 1.807) is 0 Å². The highest BCUT2D eigenvalue weighted by molar-refractivity contribution is 5.89. The van der Waals surface area contributed by atoms with Gasteiger partial charge in [-0.1, -0.05) is 0 Å². The molecule has 1 rings (SSSR count). The van der Waals surface area contributed by atoms with Crippen molar-refractivity contribution in [3.05, 3.63) is 0 Å². The van der Waals surface area contributed by atoms with E-state index in [0.29, 0.717) is 13.0 Å². The number of carboxylic acids is 1. The lowest BCUT2D eigenvalue weighted by molar-refractivity contribution is -0.147. The minimum Gasteiger partial charge on any atom is -0.480 e. The molecule has 0 aromatic heterocycles. The fourth-order valence-corrected chi connectivity index (χ4v) is 2.03. The van der Waals surface area contributed by atoms with Gasteiger partial charge in [-0.15, -0.1) is 0 Å². The number of rotatable bonds is 3. The molecule has 7 nitrogen and oxygen atoms in total. The number of aliphatic carboxylic acids is 1. The fourth-order valence-electron chi connectivity index (χ4n) is 2.03. The third kappa shape index (κ3) is 2.97. The quantitative estimate of drug-likeness (QED) is 0.767. The largest absolute Gasteiger partial charge is 0.480 e. The van der Waals surface area contributed by atoms with Crippen LogP contribution in [0.1, 0.15) is 33.1 Å². The zero-order valence-corrected chi connectivity index (χ0v) is 11.5. The van der Waals surface area contributed by atoms with E-state index in [2.05, 4.69) is 0 Å². The van der Waals surface area contributed by atoms with Gasteiger partial charge in [0.05, 0.1) is 0 Å². The summed E-state index contributed by atoms with van der Waals surface area (Å²) in [4.78, 5) is 37.4. The second kappa shape index (κ2) is 5.46. The maximum absolute atomic E-state index is 12.3. The van der Waals surface area contributed by atoms with Crippen molar-refractivity contribution in [3.63, 3.8) is 0 Å². The highest BCUT2D eigenvalue weighted by Gasteiger charge is 2.40. The third-order valence-electron chi connectivity index (χ3n) is 3.73. The molecule has 0 aliphatic carbocycles. The molecule has 0 saturated carbocycles. The average molecular weight is 271 g/mol. The van der Waals surface area contributed by atoms with Crippen LogP contribution in [0.3, 0.4) is 0 Å². The Morgan fingerprint density at radius 2 is 1.89 bits per heavy atom. The predicted octanol–water partition coefficient (Wildman–Crippen LogP) is 0.241. The summed E-state index contributed by atoms with van der Waals surface area (Å²) in [5.41, 5.74) is 3.96. The molecule has 19 heavy (non-hydrogen) atoms. The van der Waals surface area contributed by atoms with Gasteiger partial charge in [-0.25, -0.2) is 9.59 Å². The molecule has 1 heterocycles. The van der Waals surface area contributed by atoms with Crippen LogP contribution >= 0.6 is 0 Å². The van der Waals surface area contributed by atoms with Crippen molar-refractivity contribution in [2.24, 2.45) is 5.73 Å². The Kier molecular flexibility index (Phi) is 4.39. The normalized spacial score (nSPS) is 19.9. The van der Waals surface area contributed by atoms with Gasteiger partial charge in [0.15, 0.2) is 0 Å². The molecule has 1 saturated heterocycles. The summed E-state index contributed by atoms with van der Waals surface area (Å²) >= 11 is 0. The van der Waals surface area contributed by atoms with Crippen molar-refractivity contribution >= 4 is 17.9 Å². The van der Waals surface area contributed by atoms with Crippen molar-refractivity contribution in [3.8, 4) is 0 Å². The number of primary amides is 1. The lowest BCUT2D eigenvalue weighted by atomic mass is 10.0. The average Bonchev–Trinajstić information content (AvgIpc) is 2.36. The van der Waals surface area contributed by atoms with Crippen LogP contribution in [0.5, 0.6) is 0 Å². The van der Waals surface area contributed by atoms with Crippen LogP contribution < -0.4 is 5.73 Å². The van der Waals surface area contributed by atoms with E-state index in [9.17, 15) is 14.4 Å². The second-order valence-corrected chi connectivity index (χ2v) is 5.31. The summed E-state index contributed by atoms with van der Waals surface area (Å²) in [6.07, 6.45) is 2.16. The fraction of sp³-hybridized carbons (Fsp3) is 0.750. The minimum absolute atomic E-state index is 0.423. The molecule has 1 aliphatic rings. The summed E-state index contributed by atoms with van der Waals surface area (Å²) in [6, 6.07) is -1.12. The number of nitrogens with two attached hydrogens (primary N) is 1. The Morgan fingerprint density at radius 1 is 1.32 bits per heavy atom. The maximum Gasteiger partial charge on any atom is 0.329 e. The molecule has 0 spiro atoms. The number of likely N-dealkylation sites (N-methyl/N-ethyl adjacent to an activating group) is 1. The zero-order chi connectivity index (χ0) is 14.8. The van der Waals surface area contributed by atoms with Gasteiger partial charge in [0.25, 0.3) is 0 Å². The Labute approximate surface area is 112 Å². The van der Waals surface area contributed by atoms with Crippen LogP contribution in [-0.2, 0) is 9.59 Å². The van der Waals surface area contributed by atoms with Crippen LogP contribution in [0.15, 0.2) is 0 Å². The highest BCUT2D eigenvalue weighted by atomic mass is 16.4. The first-order valence-corrected chi connectivity index (χ1v) is 6.26. The summed E-state index contributed by atoms with van der Waals surface area (Å²) in [6.45, 7) is 3.30. The summed E-state index contributed by atoms with van der Waals surface area (Å²) in [5, 5.41) is 9.13. The molecule has 3 N–H and O–H groups in total. The number of nitrogens with zero attached hydrogens (tertiary/aromatic N) is 2. The monoisotopic (exact) mass is 271 g/mol. The number of likely N-dealkylation sites (tertiary alicyclic amines) is 1. The van der Waals surface area contributed by atoms with Crippen LogP contribution in [0.25, 0.3) is 0 Å². The summed E-state index contributed by atoms with van der Waals surface area (Å²) in [5.74, 6) is -1.65. The van der Waals surface area contributed by atoms with E-state index < -0.39 is 29.5 Å². The third-order valence-corrected chi connectivity index (χ3v) is 3.73. The number of carbonyl (C=O) groups excluding carboxylic acids is 2. The molecular formula is C12H21N3O4. The van der Waals surface area contributed by atoms with Gasteiger partial charge >= 0.3 is 12.0 Å². The number of carboxylic acid groups (broad SMARTS) is 1. The van der Waals surface area contributed by atoms with Crippen LogP contribution in [0.2, 0.25) is 0 Å². The maximum atomic E-state index is 12.3. The van der Waals surface area contributed by atoms with E-state index in [1.165, 1.54) is 25.8 Å².